The predicted molar refractivity (Wildman–Crippen MR) is 111 cm³/mol. The molecule has 0 saturated heterocycles. The summed E-state index contributed by atoms with van der Waals surface area (Å²) in [6, 6.07) is 12.4. The van der Waals surface area contributed by atoms with Crippen LogP contribution in [-0.4, -0.2) is 34.8 Å². The summed E-state index contributed by atoms with van der Waals surface area (Å²) in [6.07, 6.45) is 0.0939. The Morgan fingerprint density at radius 1 is 1.10 bits per heavy atom. The molecule has 0 bridgehead atoms. The molecule has 0 spiro atoms. The monoisotopic (exact) mass is 412 g/mol. The first-order valence-electron chi connectivity index (χ1n) is 9.40. The maximum Gasteiger partial charge on any atom is 0.335 e. The van der Waals surface area contributed by atoms with E-state index in [4.69, 9.17) is 9.05 Å². The lowest BCUT2D eigenvalue weighted by Gasteiger charge is -2.17. The molecule has 3 aromatic rings. The maximum atomic E-state index is 12.9. The molecule has 29 heavy (non-hydrogen) atoms. The maximum absolute atomic E-state index is 12.9. The first-order chi connectivity index (χ1) is 14.0. The molecule has 2 aromatic carbocycles. The second-order valence-electron chi connectivity index (χ2n) is 6.64. The van der Waals surface area contributed by atoms with Gasteiger partial charge in [0.15, 0.2) is 5.88 Å². The molecule has 0 aliphatic carbocycles. The average Bonchev–Trinajstić information content (AvgIpc) is 3.18. The summed E-state index contributed by atoms with van der Waals surface area (Å²) in [6.45, 7) is 4.08. The van der Waals surface area contributed by atoms with Crippen molar-refractivity contribution < 1.29 is 23.5 Å². The van der Waals surface area contributed by atoms with E-state index in [9.17, 15) is 14.5 Å². The minimum Gasteiger partial charge on any atom is -0.494 e. The number of rotatable bonds is 7. The molecule has 4 rings (SSSR count). The van der Waals surface area contributed by atoms with Crippen molar-refractivity contribution >= 4 is 35.7 Å². The highest BCUT2D eigenvalue weighted by atomic mass is 31.2. The Morgan fingerprint density at radius 2 is 1.83 bits per heavy atom. The molecule has 0 radical (unpaired) electrons. The van der Waals surface area contributed by atoms with Crippen LogP contribution in [-0.2, 0) is 19.8 Å². The van der Waals surface area contributed by atoms with E-state index in [1.165, 1.54) is 0 Å². The first kappa shape index (κ1) is 19.6. The van der Waals surface area contributed by atoms with Gasteiger partial charge < -0.3 is 19.1 Å². The third kappa shape index (κ3) is 3.53. The van der Waals surface area contributed by atoms with E-state index in [0.717, 1.165) is 0 Å². The number of benzene rings is 2. The number of Topliss-reactive ketones (excluding diaryl/α,β-unsaturated/α-hetero) is 1. The molecule has 0 saturated carbocycles. The Kier molecular flexibility index (Phi) is 5.13. The molecular weight excluding hydrogens is 391 g/mol. The number of nitrogens with zero attached hydrogens (tertiary/aromatic N) is 1. The number of hydrogen-bond acceptors (Lipinski definition) is 6. The number of aliphatic imine (C=N–C) groups is 1. The van der Waals surface area contributed by atoms with Crippen molar-refractivity contribution in [1.82, 2.24) is 4.98 Å². The van der Waals surface area contributed by atoms with E-state index in [0.29, 0.717) is 33.3 Å². The molecule has 8 heteroatoms. The van der Waals surface area contributed by atoms with Gasteiger partial charge in [0.1, 0.15) is 5.71 Å². The smallest absolute Gasteiger partial charge is 0.335 e. The highest BCUT2D eigenvalue weighted by molar-refractivity contribution is 7.53. The molecule has 0 amide bonds. The highest BCUT2D eigenvalue weighted by Gasteiger charge is 2.30. The topological polar surface area (TPSA) is 101 Å². The fraction of sp³-hybridized carbons (Fsp3) is 0.238. The van der Waals surface area contributed by atoms with Crippen molar-refractivity contribution in [2.24, 2.45) is 4.99 Å². The minimum absolute atomic E-state index is 0.0939. The van der Waals surface area contributed by atoms with Crippen LogP contribution in [0.5, 0.6) is 5.88 Å². The molecule has 1 aliphatic rings. The lowest BCUT2D eigenvalue weighted by molar-refractivity contribution is 0.107. The standard InChI is InChI=1S/C21H21N2O5P/c1-3-27-29(26,28-4-2)12-13-9-10-17-15(11-13)18(21(25)23-17)19-20(24)14-7-5-6-8-16(14)22-19/h5-11,23,25H,3-4,12H2,1-2H3. The number of para-hydroxylation sites is 1. The SMILES string of the molecule is CCOP(=O)(Cc1ccc2[nH]c(O)c(C3=Nc4ccccc4C3=O)c2c1)OCC. The van der Waals surface area contributed by atoms with Crippen LogP contribution in [0.15, 0.2) is 47.5 Å². The van der Waals surface area contributed by atoms with Crippen molar-refractivity contribution in [3.05, 3.63) is 59.2 Å². The molecule has 2 N–H and O–H groups in total. The van der Waals surface area contributed by atoms with Gasteiger partial charge in [-0.2, -0.15) is 0 Å². The van der Waals surface area contributed by atoms with Crippen LogP contribution in [0, 0.1) is 0 Å². The molecule has 0 unspecified atom stereocenters. The van der Waals surface area contributed by atoms with Gasteiger partial charge in [-0.25, -0.2) is 4.99 Å². The van der Waals surface area contributed by atoms with Gasteiger partial charge in [0.25, 0.3) is 0 Å². The van der Waals surface area contributed by atoms with Crippen LogP contribution >= 0.6 is 7.60 Å². The number of ketones is 1. The number of nitrogens with one attached hydrogen (secondary N) is 1. The fourth-order valence-electron chi connectivity index (χ4n) is 3.54. The van der Waals surface area contributed by atoms with Crippen molar-refractivity contribution in [1.29, 1.82) is 0 Å². The summed E-state index contributed by atoms with van der Waals surface area (Å²) in [5.41, 5.74) is 2.97. The van der Waals surface area contributed by atoms with E-state index in [1.807, 2.05) is 6.07 Å². The Balaban J connectivity index is 1.77. The minimum atomic E-state index is -3.28. The molecule has 2 heterocycles. The van der Waals surface area contributed by atoms with E-state index in [1.54, 1.807) is 50.2 Å². The Morgan fingerprint density at radius 3 is 2.52 bits per heavy atom. The van der Waals surface area contributed by atoms with E-state index >= 15 is 0 Å². The second-order valence-corrected chi connectivity index (χ2v) is 8.69. The van der Waals surface area contributed by atoms with Crippen LogP contribution in [0.25, 0.3) is 10.9 Å². The van der Waals surface area contributed by atoms with Gasteiger partial charge in [-0.15, -0.1) is 0 Å². The Hall–Kier alpha value is -2.73. The summed E-state index contributed by atoms with van der Waals surface area (Å²) in [4.78, 5) is 20.1. The summed E-state index contributed by atoms with van der Waals surface area (Å²) in [5, 5.41) is 11.1. The summed E-state index contributed by atoms with van der Waals surface area (Å²) >= 11 is 0. The molecule has 0 atom stereocenters. The van der Waals surface area contributed by atoms with Crippen molar-refractivity contribution in [2.75, 3.05) is 13.2 Å². The second kappa shape index (κ2) is 7.59. The Labute approximate surface area is 167 Å². The van der Waals surface area contributed by atoms with Gasteiger partial charge in [0.2, 0.25) is 5.78 Å². The fourth-order valence-corrected chi connectivity index (χ4v) is 5.23. The number of aromatic nitrogens is 1. The number of carbonyl (C=O) groups is 1. The number of fused-ring (bicyclic) bond motifs is 2. The molecule has 1 aromatic heterocycles. The zero-order chi connectivity index (χ0) is 20.6. The van der Waals surface area contributed by atoms with Crippen LogP contribution in [0.2, 0.25) is 0 Å². The number of carbonyl (C=O) groups excluding carboxylic acids is 1. The van der Waals surface area contributed by atoms with E-state index in [-0.39, 0.29) is 36.8 Å². The van der Waals surface area contributed by atoms with Crippen LogP contribution in [0.4, 0.5) is 5.69 Å². The molecular formula is C21H21N2O5P. The number of hydrogen-bond donors (Lipinski definition) is 2. The summed E-state index contributed by atoms with van der Waals surface area (Å²) in [5.74, 6) is -0.369. The number of H-pyrrole nitrogens is 1. The lowest BCUT2D eigenvalue weighted by atomic mass is 10.0. The molecule has 150 valence electrons. The van der Waals surface area contributed by atoms with E-state index in [2.05, 4.69) is 9.98 Å². The van der Waals surface area contributed by atoms with Gasteiger partial charge in [-0.05, 0) is 43.7 Å². The third-order valence-corrected chi connectivity index (χ3v) is 6.76. The summed E-state index contributed by atoms with van der Waals surface area (Å²) < 4.78 is 23.6. The van der Waals surface area contributed by atoms with Crippen LogP contribution < -0.4 is 0 Å². The normalized spacial score (nSPS) is 13.7. The van der Waals surface area contributed by atoms with Gasteiger partial charge in [0.05, 0.1) is 30.6 Å². The molecule has 7 nitrogen and oxygen atoms in total. The summed E-state index contributed by atoms with van der Waals surface area (Å²) in [7, 11) is -3.28. The van der Waals surface area contributed by atoms with Gasteiger partial charge in [-0.1, -0.05) is 18.2 Å². The third-order valence-electron chi connectivity index (χ3n) is 4.70. The largest absolute Gasteiger partial charge is 0.494 e. The Bertz CT molecular complexity index is 1170. The van der Waals surface area contributed by atoms with E-state index < -0.39 is 7.60 Å². The number of aromatic amines is 1. The van der Waals surface area contributed by atoms with Crippen LogP contribution in [0.3, 0.4) is 0 Å². The van der Waals surface area contributed by atoms with Crippen molar-refractivity contribution in [3.8, 4) is 5.88 Å². The predicted octanol–water partition coefficient (Wildman–Crippen LogP) is 4.96. The quantitative estimate of drug-likeness (QED) is 0.535. The van der Waals surface area contributed by atoms with Gasteiger partial charge in [0, 0.05) is 16.5 Å². The molecule has 0 fully saturated rings. The first-order valence-corrected chi connectivity index (χ1v) is 11.1. The van der Waals surface area contributed by atoms with Crippen LogP contribution in [0.1, 0.15) is 35.3 Å². The zero-order valence-electron chi connectivity index (χ0n) is 16.1. The molecule has 1 aliphatic heterocycles. The lowest BCUT2D eigenvalue weighted by Crippen LogP contribution is -2.10. The van der Waals surface area contributed by atoms with Gasteiger partial charge >= 0.3 is 7.60 Å². The zero-order valence-corrected chi connectivity index (χ0v) is 17.0. The van der Waals surface area contributed by atoms with Gasteiger partial charge in [-0.3, -0.25) is 9.36 Å². The van der Waals surface area contributed by atoms with Crippen molar-refractivity contribution in [3.63, 3.8) is 0 Å². The van der Waals surface area contributed by atoms with Crippen molar-refractivity contribution in [2.45, 2.75) is 20.0 Å². The number of aromatic hydroxyl groups is 1. The highest BCUT2D eigenvalue weighted by Crippen LogP contribution is 2.51. The average molecular weight is 412 g/mol.